The van der Waals surface area contributed by atoms with E-state index in [0.29, 0.717) is 0 Å². The van der Waals surface area contributed by atoms with E-state index in [2.05, 4.69) is 43.3 Å². The van der Waals surface area contributed by atoms with E-state index in [1.165, 1.54) is 16.7 Å². The van der Waals surface area contributed by atoms with Crippen molar-refractivity contribution in [1.82, 2.24) is 0 Å². The Morgan fingerprint density at radius 2 is 1.68 bits per heavy atom. The molecule has 0 saturated heterocycles. The van der Waals surface area contributed by atoms with Gasteiger partial charge in [-0.15, -0.1) is 0 Å². The van der Waals surface area contributed by atoms with Crippen LogP contribution in [0.3, 0.4) is 0 Å². The molecule has 34 heavy (non-hydrogen) atoms. The second-order valence-corrected chi connectivity index (χ2v) is 9.87. The Bertz CT molecular complexity index is 752. The topological polar surface area (TPSA) is 77.8 Å². The summed E-state index contributed by atoms with van der Waals surface area (Å²) < 4.78 is 0. The van der Waals surface area contributed by atoms with Gasteiger partial charge in [0, 0.05) is 12.3 Å². The van der Waals surface area contributed by atoms with E-state index < -0.39 is 18.2 Å². The Balaban J connectivity index is 1.93. The van der Waals surface area contributed by atoms with Gasteiger partial charge in [-0.25, -0.2) is 0 Å². The minimum Gasteiger partial charge on any atom is -0.481 e. The van der Waals surface area contributed by atoms with Crippen LogP contribution in [-0.4, -0.2) is 33.5 Å². The largest absolute Gasteiger partial charge is 0.481 e. The number of unbranched alkanes of at least 4 members (excludes halogenated alkanes) is 6. The van der Waals surface area contributed by atoms with Crippen LogP contribution in [0.2, 0.25) is 0 Å². The second-order valence-electron chi connectivity index (χ2n) is 9.87. The molecule has 1 aliphatic rings. The molecule has 1 aromatic rings. The monoisotopic (exact) mass is 470 g/mol. The molecule has 4 heteroatoms. The second kappa shape index (κ2) is 16.7. The molecule has 0 aromatic heterocycles. The number of carbonyl (C=O) groups is 1. The standard InChI is InChI=1S/C30H46O4/c1-2-3-7-18-26(31)21-22-28-27(19-10-4-5-11-20-30(33)34)25(23-29(28)32)17-13-12-16-24-14-8-6-9-15-24/h6,8-9,14-15,21-22,26,28-29,31-32H,2-5,7,10-13,16-20,23H2,1H3,(H,33,34)/t26-,28+,29+/m0/s1. The molecule has 0 bridgehead atoms. The fourth-order valence-electron chi connectivity index (χ4n) is 5.03. The molecule has 0 saturated carbocycles. The van der Waals surface area contributed by atoms with Gasteiger partial charge >= 0.3 is 5.97 Å². The summed E-state index contributed by atoms with van der Waals surface area (Å²) in [5.41, 5.74) is 4.14. The van der Waals surface area contributed by atoms with Crippen LogP contribution in [0.15, 0.2) is 53.6 Å². The van der Waals surface area contributed by atoms with Crippen LogP contribution < -0.4 is 0 Å². The molecular weight excluding hydrogens is 424 g/mol. The summed E-state index contributed by atoms with van der Waals surface area (Å²) in [5, 5.41) is 30.0. The number of hydrogen-bond donors (Lipinski definition) is 3. The highest BCUT2D eigenvalue weighted by Crippen LogP contribution is 2.39. The predicted molar refractivity (Wildman–Crippen MR) is 140 cm³/mol. The Hall–Kier alpha value is -1.91. The highest BCUT2D eigenvalue weighted by molar-refractivity contribution is 5.66. The first-order valence-corrected chi connectivity index (χ1v) is 13.5. The van der Waals surface area contributed by atoms with Crippen molar-refractivity contribution < 1.29 is 20.1 Å². The van der Waals surface area contributed by atoms with E-state index >= 15 is 0 Å². The number of hydrogen-bond acceptors (Lipinski definition) is 3. The molecule has 3 N–H and O–H groups in total. The Labute approximate surface area is 206 Å². The van der Waals surface area contributed by atoms with Gasteiger partial charge in [-0.1, -0.05) is 92.7 Å². The highest BCUT2D eigenvalue weighted by atomic mass is 16.4. The lowest BCUT2D eigenvalue weighted by Crippen LogP contribution is -2.15. The van der Waals surface area contributed by atoms with Crippen LogP contribution in [0.5, 0.6) is 0 Å². The molecule has 0 fully saturated rings. The fourth-order valence-corrected chi connectivity index (χ4v) is 5.03. The van der Waals surface area contributed by atoms with Gasteiger partial charge in [0.1, 0.15) is 0 Å². The van der Waals surface area contributed by atoms with E-state index in [1.54, 1.807) is 0 Å². The molecule has 0 amide bonds. The molecule has 1 aliphatic carbocycles. The summed E-state index contributed by atoms with van der Waals surface area (Å²) in [5.74, 6) is -0.717. The van der Waals surface area contributed by atoms with Crippen molar-refractivity contribution in [3.05, 3.63) is 59.2 Å². The van der Waals surface area contributed by atoms with Gasteiger partial charge in [-0.3, -0.25) is 4.79 Å². The number of aliphatic hydroxyl groups excluding tert-OH is 2. The van der Waals surface area contributed by atoms with Crippen molar-refractivity contribution in [2.75, 3.05) is 0 Å². The van der Waals surface area contributed by atoms with Crippen molar-refractivity contribution in [2.45, 2.75) is 115 Å². The molecule has 0 unspecified atom stereocenters. The lowest BCUT2D eigenvalue weighted by Gasteiger charge is -2.16. The maximum absolute atomic E-state index is 10.9. The van der Waals surface area contributed by atoms with Gasteiger partial charge in [0.05, 0.1) is 12.2 Å². The normalized spacial score (nSPS) is 19.3. The smallest absolute Gasteiger partial charge is 0.303 e. The van der Waals surface area contributed by atoms with Gasteiger partial charge in [0.2, 0.25) is 0 Å². The molecule has 4 nitrogen and oxygen atoms in total. The molecule has 0 radical (unpaired) electrons. The molecular formula is C30H46O4. The lowest BCUT2D eigenvalue weighted by molar-refractivity contribution is -0.137. The number of aryl methyl sites for hydroxylation is 1. The van der Waals surface area contributed by atoms with Gasteiger partial charge in [-0.2, -0.15) is 0 Å². The number of benzene rings is 1. The number of aliphatic hydroxyl groups is 2. The van der Waals surface area contributed by atoms with Gasteiger partial charge in [0.25, 0.3) is 0 Å². The minimum absolute atomic E-state index is 0.00367. The molecule has 0 spiro atoms. The lowest BCUT2D eigenvalue weighted by atomic mass is 9.91. The Morgan fingerprint density at radius 1 is 0.971 bits per heavy atom. The number of aliphatic carboxylic acids is 1. The average molecular weight is 471 g/mol. The highest BCUT2D eigenvalue weighted by Gasteiger charge is 2.30. The van der Waals surface area contributed by atoms with Crippen LogP contribution in [0.4, 0.5) is 0 Å². The van der Waals surface area contributed by atoms with Crippen LogP contribution in [-0.2, 0) is 11.2 Å². The predicted octanol–water partition coefficient (Wildman–Crippen LogP) is 7.00. The van der Waals surface area contributed by atoms with E-state index in [4.69, 9.17) is 5.11 Å². The first kappa shape index (κ1) is 28.3. The number of rotatable bonds is 18. The van der Waals surface area contributed by atoms with Crippen molar-refractivity contribution in [3.8, 4) is 0 Å². The fraction of sp³-hybridized carbons (Fsp3) is 0.633. The molecule has 3 atom stereocenters. The quantitative estimate of drug-likeness (QED) is 0.159. The van der Waals surface area contributed by atoms with Crippen LogP contribution in [0, 0.1) is 5.92 Å². The van der Waals surface area contributed by atoms with Gasteiger partial charge in [0.15, 0.2) is 0 Å². The van der Waals surface area contributed by atoms with Crippen LogP contribution in [0.1, 0.15) is 102 Å². The average Bonchev–Trinajstić information content (AvgIpc) is 3.12. The molecule has 2 rings (SSSR count). The van der Waals surface area contributed by atoms with Crippen molar-refractivity contribution in [1.29, 1.82) is 0 Å². The van der Waals surface area contributed by atoms with E-state index in [9.17, 15) is 15.0 Å². The zero-order valence-corrected chi connectivity index (χ0v) is 21.1. The first-order valence-electron chi connectivity index (χ1n) is 13.5. The van der Waals surface area contributed by atoms with E-state index in [0.717, 1.165) is 89.9 Å². The Morgan fingerprint density at radius 3 is 2.41 bits per heavy atom. The first-order chi connectivity index (χ1) is 16.5. The third kappa shape index (κ3) is 11.0. The zero-order valence-electron chi connectivity index (χ0n) is 21.1. The van der Waals surface area contributed by atoms with Gasteiger partial charge in [-0.05, 0) is 63.4 Å². The molecule has 1 aromatic carbocycles. The molecule has 0 heterocycles. The number of carboxylic acids is 1. The summed E-state index contributed by atoms with van der Waals surface area (Å²) in [6.07, 6.45) is 17.2. The maximum Gasteiger partial charge on any atom is 0.303 e. The number of carboxylic acid groups (broad SMARTS) is 1. The minimum atomic E-state index is -0.720. The molecule has 190 valence electrons. The maximum atomic E-state index is 10.9. The summed E-state index contributed by atoms with van der Waals surface area (Å²) in [6.45, 7) is 2.16. The summed E-state index contributed by atoms with van der Waals surface area (Å²) in [4.78, 5) is 10.7. The van der Waals surface area contributed by atoms with Gasteiger partial charge < -0.3 is 15.3 Å². The zero-order chi connectivity index (χ0) is 24.6. The van der Waals surface area contributed by atoms with Crippen molar-refractivity contribution in [3.63, 3.8) is 0 Å². The van der Waals surface area contributed by atoms with E-state index in [1.807, 2.05) is 6.08 Å². The van der Waals surface area contributed by atoms with Crippen LogP contribution >= 0.6 is 0 Å². The summed E-state index contributed by atoms with van der Waals surface area (Å²) in [6, 6.07) is 10.6. The Kier molecular flexibility index (Phi) is 13.9. The summed E-state index contributed by atoms with van der Waals surface area (Å²) >= 11 is 0. The SMILES string of the molecule is CCCCC[C@H](O)C=C[C@@H]1C(CCCCCCC(=O)O)=C(CCCCc2ccccc2)C[C@H]1O. The summed E-state index contributed by atoms with van der Waals surface area (Å²) in [7, 11) is 0. The van der Waals surface area contributed by atoms with E-state index in [-0.39, 0.29) is 12.3 Å². The van der Waals surface area contributed by atoms with Crippen LogP contribution in [0.25, 0.3) is 0 Å². The third-order valence-corrected chi connectivity index (χ3v) is 6.99. The van der Waals surface area contributed by atoms with Crippen molar-refractivity contribution in [2.24, 2.45) is 5.92 Å². The third-order valence-electron chi connectivity index (χ3n) is 6.99. The van der Waals surface area contributed by atoms with Crippen molar-refractivity contribution >= 4 is 5.97 Å². The molecule has 0 aliphatic heterocycles.